The lowest BCUT2D eigenvalue weighted by Gasteiger charge is -2.11. The molecule has 0 amide bonds. The average Bonchev–Trinajstić information content (AvgIpc) is 2.93. The summed E-state index contributed by atoms with van der Waals surface area (Å²) in [6.45, 7) is 7.08. The van der Waals surface area contributed by atoms with Gasteiger partial charge < -0.3 is 10.1 Å². The Morgan fingerprint density at radius 3 is 2.68 bits per heavy atom. The Balaban J connectivity index is 1.75. The summed E-state index contributed by atoms with van der Waals surface area (Å²) in [4.78, 5) is 13.8. The molecule has 0 bridgehead atoms. The number of aromatic nitrogens is 2. The van der Waals surface area contributed by atoms with Crippen LogP contribution in [0.4, 0.5) is 11.6 Å². The van der Waals surface area contributed by atoms with Crippen molar-refractivity contribution in [2.45, 2.75) is 38.5 Å². The second-order valence-corrected chi connectivity index (χ2v) is 7.61. The molecule has 2 atom stereocenters. The van der Waals surface area contributed by atoms with Crippen molar-refractivity contribution >= 4 is 28.4 Å². The number of benzene rings is 1. The minimum atomic E-state index is 0.279. The molecule has 25 heavy (non-hydrogen) atoms. The standard InChI is InChI=1S/C19H24N4OS/c1-12-9-13(2)11-15(10-12)22-19-20-7-5-16(23-19)18-21-14(3)17(25-18)6-8-24-4/h5,7,9-11,14,17H,6,8H2,1-4H3,(H,20,22,23). The Morgan fingerprint density at radius 1 is 1.20 bits per heavy atom. The topological polar surface area (TPSA) is 59.4 Å². The summed E-state index contributed by atoms with van der Waals surface area (Å²) in [6.07, 6.45) is 2.78. The first kappa shape index (κ1) is 17.9. The number of anilines is 2. The normalized spacial score (nSPS) is 19.8. The largest absolute Gasteiger partial charge is 0.385 e. The number of methoxy groups -OCH3 is 1. The number of rotatable bonds is 6. The summed E-state index contributed by atoms with van der Waals surface area (Å²) >= 11 is 1.78. The van der Waals surface area contributed by atoms with E-state index in [2.05, 4.69) is 54.3 Å². The molecule has 2 aromatic rings. The maximum absolute atomic E-state index is 5.20. The van der Waals surface area contributed by atoms with Crippen molar-refractivity contribution in [2.75, 3.05) is 19.0 Å². The predicted molar refractivity (Wildman–Crippen MR) is 105 cm³/mol. The third-order valence-corrected chi connectivity index (χ3v) is 5.55. The quantitative estimate of drug-likeness (QED) is 0.843. The van der Waals surface area contributed by atoms with Crippen LogP contribution in [0.2, 0.25) is 0 Å². The van der Waals surface area contributed by atoms with Gasteiger partial charge in [-0.15, -0.1) is 0 Å². The molecule has 0 radical (unpaired) electrons. The number of nitrogens with one attached hydrogen (secondary N) is 1. The third-order valence-electron chi connectivity index (χ3n) is 4.08. The molecule has 1 aliphatic rings. The first-order valence-corrected chi connectivity index (χ1v) is 9.35. The average molecular weight is 356 g/mol. The molecule has 1 aliphatic heterocycles. The number of ether oxygens (including phenoxy) is 1. The van der Waals surface area contributed by atoms with Gasteiger partial charge in [0, 0.05) is 30.9 Å². The molecule has 1 aromatic carbocycles. The summed E-state index contributed by atoms with van der Waals surface area (Å²) in [6, 6.07) is 8.53. The van der Waals surface area contributed by atoms with Crippen LogP contribution in [0.25, 0.3) is 0 Å². The summed E-state index contributed by atoms with van der Waals surface area (Å²) < 4.78 is 5.20. The molecule has 2 heterocycles. The number of hydrogen-bond acceptors (Lipinski definition) is 6. The maximum Gasteiger partial charge on any atom is 0.227 e. The smallest absolute Gasteiger partial charge is 0.227 e. The van der Waals surface area contributed by atoms with Gasteiger partial charge in [-0.2, -0.15) is 0 Å². The molecular weight excluding hydrogens is 332 g/mol. The van der Waals surface area contributed by atoms with E-state index in [1.165, 1.54) is 11.1 Å². The minimum absolute atomic E-state index is 0.279. The molecule has 2 unspecified atom stereocenters. The highest BCUT2D eigenvalue weighted by atomic mass is 32.2. The van der Waals surface area contributed by atoms with E-state index in [9.17, 15) is 0 Å². The molecule has 0 saturated heterocycles. The SMILES string of the molecule is COCCC1SC(c2ccnc(Nc3cc(C)cc(C)c3)n2)=NC1C. The number of hydrogen-bond donors (Lipinski definition) is 1. The van der Waals surface area contributed by atoms with Gasteiger partial charge in [-0.25, -0.2) is 9.97 Å². The van der Waals surface area contributed by atoms with Crippen LogP contribution in [0.3, 0.4) is 0 Å². The van der Waals surface area contributed by atoms with Crippen molar-refractivity contribution in [1.82, 2.24) is 9.97 Å². The number of aryl methyl sites for hydroxylation is 2. The van der Waals surface area contributed by atoms with E-state index in [0.717, 1.165) is 29.5 Å². The van der Waals surface area contributed by atoms with E-state index in [-0.39, 0.29) is 6.04 Å². The van der Waals surface area contributed by atoms with Gasteiger partial charge in [0.05, 0.1) is 6.04 Å². The van der Waals surface area contributed by atoms with E-state index in [4.69, 9.17) is 9.73 Å². The van der Waals surface area contributed by atoms with Crippen molar-refractivity contribution in [1.29, 1.82) is 0 Å². The van der Waals surface area contributed by atoms with E-state index in [0.29, 0.717) is 11.2 Å². The van der Waals surface area contributed by atoms with Gasteiger partial charge in [-0.1, -0.05) is 17.8 Å². The van der Waals surface area contributed by atoms with E-state index < -0.39 is 0 Å². The Hall–Kier alpha value is -1.92. The molecule has 0 aliphatic carbocycles. The second-order valence-electron chi connectivity index (χ2n) is 6.38. The van der Waals surface area contributed by atoms with E-state index in [1.807, 2.05) is 6.07 Å². The summed E-state index contributed by atoms with van der Waals surface area (Å²) in [7, 11) is 1.74. The zero-order chi connectivity index (χ0) is 17.8. The van der Waals surface area contributed by atoms with Crippen LogP contribution in [0, 0.1) is 13.8 Å². The van der Waals surface area contributed by atoms with Crippen LogP contribution >= 0.6 is 11.8 Å². The zero-order valence-electron chi connectivity index (χ0n) is 15.1. The van der Waals surface area contributed by atoms with Gasteiger partial charge >= 0.3 is 0 Å². The van der Waals surface area contributed by atoms with Crippen molar-refractivity contribution in [2.24, 2.45) is 4.99 Å². The molecule has 1 N–H and O–H groups in total. The lowest BCUT2D eigenvalue weighted by atomic mass is 10.1. The van der Waals surface area contributed by atoms with Gasteiger partial charge in [0.2, 0.25) is 5.95 Å². The van der Waals surface area contributed by atoms with Crippen molar-refractivity contribution < 1.29 is 4.74 Å². The van der Waals surface area contributed by atoms with Crippen LogP contribution in [-0.2, 0) is 4.74 Å². The van der Waals surface area contributed by atoms with Crippen molar-refractivity contribution in [3.8, 4) is 0 Å². The van der Waals surface area contributed by atoms with Crippen LogP contribution in [0.5, 0.6) is 0 Å². The first-order valence-electron chi connectivity index (χ1n) is 8.47. The Kier molecular flexibility index (Phi) is 5.71. The molecule has 0 spiro atoms. The fraction of sp³-hybridized carbons (Fsp3) is 0.421. The number of aliphatic imine (C=N–C) groups is 1. The molecule has 1 aromatic heterocycles. The van der Waals surface area contributed by atoms with E-state index in [1.54, 1.807) is 25.1 Å². The Bertz CT molecular complexity index is 758. The maximum atomic E-state index is 5.20. The Morgan fingerprint density at radius 2 is 1.96 bits per heavy atom. The monoisotopic (exact) mass is 356 g/mol. The van der Waals surface area contributed by atoms with Gasteiger partial charge in [0.25, 0.3) is 0 Å². The van der Waals surface area contributed by atoms with Crippen LogP contribution in [-0.4, -0.2) is 40.0 Å². The van der Waals surface area contributed by atoms with Gasteiger partial charge in [-0.3, -0.25) is 4.99 Å². The van der Waals surface area contributed by atoms with Crippen molar-refractivity contribution in [3.05, 3.63) is 47.3 Å². The zero-order valence-corrected chi connectivity index (χ0v) is 15.9. The summed E-state index contributed by atoms with van der Waals surface area (Å²) in [5, 5.41) is 4.73. The molecule has 0 saturated carbocycles. The number of thioether (sulfide) groups is 1. The predicted octanol–water partition coefficient (Wildman–Crippen LogP) is 4.12. The van der Waals surface area contributed by atoms with Gasteiger partial charge in [0.15, 0.2) is 0 Å². The van der Waals surface area contributed by atoms with Gasteiger partial charge in [-0.05, 0) is 56.5 Å². The highest BCUT2D eigenvalue weighted by Crippen LogP contribution is 2.32. The third kappa shape index (κ3) is 4.58. The van der Waals surface area contributed by atoms with Crippen LogP contribution in [0.15, 0.2) is 35.5 Å². The summed E-state index contributed by atoms with van der Waals surface area (Å²) in [5.41, 5.74) is 4.30. The Labute approximate surface area is 153 Å². The fourth-order valence-corrected chi connectivity index (χ4v) is 4.14. The second kappa shape index (κ2) is 7.97. The van der Waals surface area contributed by atoms with Gasteiger partial charge in [0.1, 0.15) is 10.7 Å². The minimum Gasteiger partial charge on any atom is -0.385 e. The lowest BCUT2D eigenvalue weighted by Crippen LogP contribution is -2.15. The lowest BCUT2D eigenvalue weighted by molar-refractivity contribution is 0.193. The molecular formula is C19H24N4OS. The van der Waals surface area contributed by atoms with Crippen molar-refractivity contribution in [3.63, 3.8) is 0 Å². The highest BCUT2D eigenvalue weighted by Gasteiger charge is 2.28. The molecule has 6 heteroatoms. The summed E-state index contributed by atoms with van der Waals surface area (Å²) in [5.74, 6) is 0.596. The first-order chi connectivity index (χ1) is 12.0. The number of nitrogens with zero attached hydrogens (tertiary/aromatic N) is 3. The van der Waals surface area contributed by atoms with E-state index >= 15 is 0 Å². The molecule has 132 valence electrons. The molecule has 3 rings (SSSR count). The fourth-order valence-electron chi connectivity index (χ4n) is 2.91. The van der Waals surface area contributed by atoms with Crippen LogP contribution in [0.1, 0.15) is 30.2 Å². The highest BCUT2D eigenvalue weighted by molar-refractivity contribution is 8.15. The molecule has 0 fully saturated rings. The molecule has 5 nitrogen and oxygen atoms in total. The van der Waals surface area contributed by atoms with Crippen LogP contribution < -0.4 is 5.32 Å².